The highest BCUT2D eigenvalue weighted by molar-refractivity contribution is 5.93. The molecule has 1 heterocycles. The molecule has 7 heteroatoms. The zero-order chi connectivity index (χ0) is 20.5. The fraction of sp³-hybridized carbons (Fsp3) is 0.619. The summed E-state index contributed by atoms with van der Waals surface area (Å²) in [7, 11) is 1.62. The molecule has 0 unspecified atom stereocenters. The van der Waals surface area contributed by atoms with Gasteiger partial charge in [0.15, 0.2) is 11.5 Å². The minimum atomic E-state index is -0.569. The first-order valence-corrected chi connectivity index (χ1v) is 9.84. The van der Waals surface area contributed by atoms with Crippen LogP contribution >= 0.6 is 0 Å². The van der Waals surface area contributed by atoms with E-state index in [1.807, 2.05) is 26.8 Å². The molecule has 1 aliphatic heterocycles. The molecule has 1 aromatic carbocycles. The summed E-state index contributed by atoms with van der Waals surface area (Å²) in [5.41, 5.74) is 0.0779. The van der Waals surface area contributed by atoms with E-state index in [9.17, 15) is 9.59 Å². The Balaban J connectivity index is 1.56. The maximum Gasteiger partial charge on any atom is 0.410 e. The first kappa shape index (κ1) is 20.3. The molecule has 1 saturated carbocycles. The number of benzene rings is 1. The van der Waals surface area contributed by atoms with Crippen molar-refractivity contribution in [3.63, 3.8) is 0 Å². The van der Waals surface area contributed by atoms with Crippen LogP contribution in [0.4, 0.5) is 10.5 Å². The summed E-state index contributed by atoms with van der Waals surface area (Å²) < 4.78 is 17.3. The molecule has 3 rings (SSSR count). The Bertz CT molecular complexity index is 750. The van der Waals surface area contributed by atoms with Crippen LogP contribution in [-0.2, 0) is 9.53 Å². The minimum Gasteiger partial charge on any atom is -0.448 e. The highest BCUT2D eigenvalue weighted by Crippen LogP contribution is 2.47. The molecule has 0 radical (unpaired) electrons. The predicted octanol–water partition coefficient (Wildman–Crippen LogP) is 4.17. The largest absolute Gasteiger partial charge is 0.448 e. The summed E-state index contributed by atoms with van der Waals surface area (Å²) in [5, 5.41) is 2.89. The van der Waals surface area contributed by atoms with Crippen LogP contribution in [0.2, 0.25) is 0 Å². The third-order valence-corrected chi connectivity index (χ3v) is 4.87. The number of rotatable bonds is 4. The monoisotopic (exact) mass is 390 g/mol. The van der Waals surface area contributed by atoms with Gasteiger partial charge in [-0.2, -0.15) is 0 Å². The smallest absolute Gasteiger partial charge is 0.410 e. The molecule has 1 aromatic rings. The van der Waals surface area contributed by atoms with Crippen LogP contribution in [0.5, 0.6) is 11.5 Å². The fourth-order valence-electron chi connectivity index (χ4n) is 3.46. The second-order valence-corrected chi connectivity index (χ2v) is 8.73. The van der Waals surface area contributed by atoms with Crippen LogP contribution in [0.3, 0.4) is 0 Å². The van der Waals surface area contributed by atoms with Crippen LogP contribution in [0.15, 0.2) is 18.2 Å². The Labute approximate surface area is 166 Å². The summed E-state index contributed by atoms with van der Waals surface area (Å²) >= 11 is 0. The van der Waals surface area contributed by atoms with Gasteiger partial charge in [-0.25, -0.2) is 4.79 Å². The molecule has 1 atom stereocenters. The zero-order valence-electron chi connectivity index (χ0n) is 17.3. The van der Waals surface area contributed by atoms with Gasteiger partial charge in [-0.05, 0) is 45.7 Å². The Morgan fingerprint density at radius 3 is 2.50 bits per heavy atom. The van der Waals surface area contributed by atoms with E-state index < -0.39 is 23.4 Å². The molecular weight excluding hydrogens is 360 g/mol. The quantitative estimate of drug-likeness (QED) is 0.835. The van der Waals surface area contributed by atoms with Crippen LogP contribution < -0.4 is 14.8 Å². The van der Waals surface area contributed by atoms with E-state index in [0.717, 1.165) is 31.4 Å². The number of nitrogens with zero attached hydrogens (tertiary/aromatic N) is 1. The normalized spacial score (nSPS) is 18.0. The van der Waals surface area contributed by atoms with Gasteiger partial charge in [0.25, 0.3) is 5.79 Å². The topological polar surface area (TPSA) is 77.1 Å². The van der Waals surface area contributed by atoms with E-state index in [1.165, 1.54) is 4.90 Å². The van der Waals surface area contributed by atoms with Crippen molar-refractivity contribution in [2.24, 2.45) is 5.92 Å². The molecule has 1 spiro atoms. The Morgan fingerprint density at radius 1 is 1.21 bits per heavy atom. The molecule has 2 aliphatic rings. The van der Waals surface area contributed by atoms with Gasteiger partial charge in [-0.1, -0.05) is 6.92 Å². The summed E-state index contributed by atoms with van der Waals surface area (Å²) in [5.74, 6) is 0.291. The van der Waals surface area contributed by atoms with Crippen molar-refractivity contribution in [2.75, 3.05) is 18.9 Å². The molecule has 28 heavy (non-hydrogen) atoms. The molecule has 2 amide bonds. The lowest BCUT2D eigenvalue weighted by molar-refractivity contribution is -0.119. The van der Waals surface area contributed by atoms with Crippen molar-refractivity contribution < 1.29 is 23.8 Å². The van der Waals surface area contributed by atoms with Gasteiger partial charge in [0.2, 0.25) is 5.91 Å². The third kappa shape index (κ3) is 4.69. The molecule has 154 valence electrons. The van der Waals surface area contributed by atoms with Crippen LogP contribution in [0.25, 0.3) is 0 Å². The number of hydrogen-bond donors (Lipinski definition) is 1. The molecule has 0 aromatic heterocycles. The van der Waals surface area contributed by atoms with Gasteiger partial charge in [0, 0.05) is 38.2 Å². The fourth-order valence-corrected chi connectivity index (χ4v) is 3.46. The number of ether oxygens (including phenoxy) is 3. The van der Waals surface area contributed by atoms with E-state index in [0.29, 0.717) is 11.4 Å². The maximum absolute atomic E-state index is 12.5. The first-order chi connectivity index (χ1) is 13.1. The van der Waals surface area contributed by atoms with E-state index >= 15 is 0 Å². The number of nitrogens with one attached hydrogen (secondary N) is 1. The van der Waals surface area contributed by atoms with Crippen molar-refractivity contribution in [2.45, 2.75) is 64.8 Å². The maximum atomic E-state index is 12.5. The van der Waals surface area contributed by atoms with E-state index in [2.05, 4.69) is 5.32 Å². The summed E-state index contributed by atoms with van der Waals surface area (Å²) in [6.45, 7) is 7.46. The van der Waals surface area contributed by atoms with Gasteiger partial charge >= 0.3 is 6.09 Å². The third-order valence-electron chi connectivity index (χ3n) is 4.87. The second kappa shape index (κ2) is 7.53. The summed E-state index contributed by atoms with van der Waals surface area (Å²) in [4.78, 5) is 26.0. The summed E-state index contributed by atoms with van der Waals surface area (Å²) in [6, 6.07) is 5.43. The van der Waals surface area contributed by atoms with Crippen molar-refractivity contribution >= 4 is 17.7 Å². The lowest BCUT2D eigenvalue weighted by Gasteiger charge is -2.26. The van der Waals surface area contributed by atoms with E-state index in [-0.39, 0.29) is 12.5 Å². The van der Waals surface area contributed by atoms with Gasteiger partial charge in [0.05, 0.1) is 5.92 Å². The predicted molar refractivity (Wildman–Crippen MR) is 106 cm³/mol. The lowest BCUT2D eigenvalue weighted by atomic mass is 10.1. The molecule has 1 aliphatic carbocycles. The van der Waals surface area contributed by atoms with Crippen molar-refractivity contribution in [3.05, 3.63) is 18.2 Å². The molecule has 7 nitrogen and oxygen atoms in total. The summed E-state index contributed by atoms with van der Waals surface area (Å²) in [6.07, 6.45) is 3.52. The van der Waals surface area contributed by atoms with Gasteiger partial charge in [-0.3, -0.25) is 4.79 Å². The second-order valence-electron chi connectivity index (χ2n) is 8.73. The zero-order valence-corrected chi connectivity index (χ0v) is 17.3. The first-order valence-electron chi connectivity index (χ1n) is 9.84. The Morgan fingerprint density at radius 2 is 1.86 bits per heavy atom. The van der Waals surface area contributed by atoms with Crippen molar-refractivity contribution in [1.29, 1.82) is 0 Å². The molecule has 0 bridgehead atoms. The highest BCUT2D eigenvalue weighted by Gasteiger charge is 2.44. The van der Waals surface area contributed by atoms with Gasteiger partial charge in [-0.15, -0.1) is 0 Å². The molecule has 0 saturated heterocycles. The average Bonchev–Trinajstić information content (AvgIpc) is 3.18. The van der Waals surface area contributed by atoms with Crippen LogP contribution in [0, 0.1) is 5.92 Å². The Kier molecular flexibility index (Phi) is 5.46. The lowest BCUT2D eigenvalue weighted by Crippen LogP contribution is -2.39. The molecular formula is C21H30N2O5. The number of fused-ring (bicyclic) bond motifs is 1. The standard InChI is InChI=1S/C21H30N2O5/c1-14(13-23(5)19(25)28-20(2,3)4)18(24)22-15-8-9-16-17(12-15)27-21(26-16)10-6-7-11-21/h8-9,12,14H,6-7,10-11,13H2,1-5H3,(H,22,24)/t14-/m1/s1. The number of anilines is 1. The number of carbonyl (C=O) groups is 2. The number of amides is 2. The number of hydrogen-bond acceptors (Lipinski definition) is 5. The van der Waals surface area contributed by atoms with Gasteiger partial charge < -0.3 is 24.4 Å². The average molecular weight is 390 g/mol. The molecule has 1 fully saturated rings. The SMILES string of the molecule is C[C@H](CN(C)C(=O)OC(C)(C)C)C(=O)Nc1ccc2c(c1)OC1(CCCC1)O2. The van der Waals surface area contributed by atoms with E-state index in [1.54, 1.807) is 26.1 Å². The molecule has 1 N–H and O–H groups in total. The van der Waals surface area contributed by atoms with E-state index in [4.69, 9.17) is 14.2 Å². The van der Waals surface area contributed by atoms with Crippen molar-refractivity contribution in [1.82, 2.24) is 4.90 Å². The van der Waals surface area contributed by atoms with Crippen LogP contribution in [-0.4, -0.2) is 41.9 Å². The van der Waals surface area contributed by atoms with Crippen LogP contribution in [0.1, 0.15) is 53.4 Å². The minimum absolute atomic E-state index is 0.176. The van der Waals surface area contributed by atoms with Gasteiger partial charge in [0.1, 0.15) is 5.60 Å². The Hall–Kier alpha value is -2.44. The number of carbonyl (C=O) groups excluding carboxylic acids is 2. The highest BCUT2D eigenvalue weighted by atomic mass is 16.7. The van der Waals surface area contributed by atoms with Crippen molar-refractivity contribution in [3.8, 4) is 11.5 Å².